The number of methoxy groups -OCH3 is 1. The molecule has 1 aromatic carbocycles. The molecule has 0 amide bonds. The van der Waals surface area contributed by atoms with E-state index in [-0.39, 0.29) is 34.1 Å². The maximum Gasteiger partial charge on any atom is 0.310 e. The quantitative estimate of drug-likeness (QED) is 0.784. The lowest BCUT2D eigenvalue weighted by Crippen LogP contribution is -2.30. The zero-order valence-electron chi connectivity index (χ0n) is 12.5. The lowest BCUT2D eigenvalue weighted by Gasteiger charge is -2.26. The number of Topliss-reactive ketones (excluding diaryl/α,β-unsaturated/α-hetero) is 1. The van der Waals surface area contributed by atoms with Gasteiger partial charge >= 0.3 is 5.97 Å². The first-order valence-electron chi connectivity index (χ1n) is 6.83. The summed E-state index contributed by atoms with van der Waals surface area (Å²) >= 11 is 12.5. The lowest BCUT2D eigenvalue weighted by atomic mass is 9.76. The summed E-state index contributed by atoms with van der Waals surface area (Å²) < 4.78 is 4.66. The second-order valence-electron chi connectivity index (χ2n) is 6.03. The van der Waals surface area contributed by atoms with Crippen LogP contribution in [-0.2, 0) is 22.4 Å². The van der Waals surface area contributed by atoms with Gasteiger partial charge in [0, 0.05) is 11.0 Å². The first-order chi connectivity index (χ1) is 9.72. The molecule has 1 aliphatic rings. The maximum atomic E-state index is 12.7. The summed E-state index contributed by atoms with van der Waals surface area (Å²) in [5.74, 6) is -0.163. The highest BCUT2D eigenvalue weighted by molar-refractivity contribution is 6.45. The Morgan fingerprint density at radius 3 is 2.52 bits per heavy atom. The molecule has 0 aliphatic heterocycles. The van der Waals surface area contributed by atoms with Crippen molar-refractivity contribution in [2.24, 2.45) is 11.3 Å². The van der Waals surface area contributed by atoms with Crippen LogP contribution in [-0.4, -0.2) is 18.9 Å². The minimum Gasteiger partial charge on any atom is -0.469 e. The van der Waals surface area contributed by atoms with Crippen LogP contribution in [0, 0.1) is 11.3 Å². The summed E-state index contributed by atoms with van der Waals surface area (Å²) in [5.41, 5.74) is 1.50. The van der Waals surface area contributed by atoms with E-state index in [2.05, 4.69) is 4.74 Å². The van der Waals surface area contributed by atoms with Gasteiger partial charge in [0.25, 0.3) is 0 Å². The van der Waals surface area contributed by atoms with Crippen molar-refractivity contribution >= 4 is 35.0 Å². The normalized spacial score (nSPS) is 20.8. The average Bonchev–Trinajstić information content (AvgIpc) is 2.68. The van der Waals surface area contributed by atoms with Crippen molar-refractivity contribution < 1.29 is 14.3 Å². The molecule has 0 fully saturated rings. The Bertz CT molecular complexity index is 622. The number of hydrogen-bond acceptors (Lipinski definition) is 3. The molecule has 1 atom stereocenters. The van der Waals surface area contributed by atoms with Crippen LogP contribution in [0.4, 0.5) is 0 Å². The number of hydrogen-bond donors (Lipinski definition) is 0. The summed E-state index contributed by atoms with van der Waals surface area (Å²) in [6.07, 6.45) is 0.665. The smallest absolute Gasteiger partial charge is 0.310 e. The van der Waals surface area contributed by atoms with E-state index in [1.807, 2.05) is 26.8 Å². The van der Waals surface area contributed by atoms with Gasteiger partial charge in [-0.05, 0) is 23.5 Å². The Labute approximate surface area is 134 Å². The second kappa shape index (κ2) is 5.62. The van der Waals surface area contributed by atoms with E-state index in [4.69, 9.17) is 23.2 Å². The average molecular weight is 329 g/mol. The summed E-state index contributed by atoms with van der Waals surface area (Å²) in [7, 11) is 1.32. The van der Waals surface area contributed by atoms with E-state index < -0.39 is 5.41 Å². The number of carbonyl (C=O) groups excluding carboxylic acids is 2. The zero-order chi connectivity index (χ0) is 15.9. The van der Waals surface area contributed by atoms with Crippen LogP contribution in [0.5, 0.6) is 0 Å². The molecule has 1 aromatic rings. The highest BCUT2D eigenvalue weighted by Gasteiger charge is 2.45. The van der Waals surface area contributed by atoms with E-state index in [0.29, 0.717) is 17.5 Å². The van der Waals surface area contributed by atoms with Crippen molar-refractivity contribution in [2.75, 3.05) is 7.11 Å². The lowest BCUT2D eigenvalue weighted by molar-refractivity contribution is -0.139. The Kier molecular flexibility index (Phi) is 4.36. The Morgan fingerprint density at radius 2 is 2.00 bits per heavy atom. The first-order valence-corrected chi connectivity index (χ1v) is 7.59. The summed E-state index contributed by atoms with van der Waals surface area (Å²) in [6.45, 7) is 5.99. The van der Waals surface area contributed by atoms with E-state index in [9.17, 15) is 9.59 Å². The molecule has 0 saturated heterocycles. The standard InChI is InChI=1S/C16H18Cl2O3/c1-8(2)16(3)7-10-5-9(6-11(19)21-4)13(17)14(18)12(10)15(16)20/h5,8H,6-7H2,1-4H3. The fourth-order valence-electron chi connectivity index (χ4n) is 2.71. The number of halogens is 2. The first kappa shape index (κ1) is 16.3. The van der Waals surface area contributed by atoms with Gasteiger partial charge in [-0.2, -0.15) is 0 Å². The van der Waals surface area contributed by atoms with E-state index in [0.717, 1.165) is 5.56 Å². The summed E-state index contributed by atoms with van der Waals surface area (Å²) in [6, 6.07) is 1.81. The molecule has 114 valence electrons. The SMILES string of the molecule is COC(=O)Cc1cc2c(c(Cl)c1Cl)C(=O)C(C)(C(C)C)C2. The predicted molar refractivity (Wildman–Crippen MR) is 83.2 cm³/mol. The molecular weight excluding hydrogens is 311 g/mol. The summed E-state index contributed by atoms with van der Waals surface area (Å²) in [4.78, 5) is 24.1. The molecule has 0 radical (unpaired) electrons. The molecular formula is C16H18Cl2O3. The molecule has 0 N–H and O–H groups in total. The van der Waals surface area contributed by atoms with Gasteiger partial charge in [0.1, 0.15) is 0 Å². The zero-order valence-corrected chi connectivity index (χ0v) is 14.1. The van der Waals surface area contributed by atoms with Crippen molar-refractivity contribution in [1.29, 1.82) is 0 Å². The topological polar surface area (TPSA) is 43.4 Å². The largest absolute Gasteiger partial charge is 0.469 e. The molecule has 0 saturated carbocycles. The van der Waals surface area contributed by atoms with Gasteiger partial charge in [-0.3, -0.25) is 9.59 Å². The molecule has 21 heavy (non-hydrogen) atoms. The molecule has 2 rings (SSSR count). The van der Waals surface area contributed by atoms with Crippen molar-refractivity contribution in [3.8, 4) is 0 Å². The van der Waals surface area contributed by atoms with Gasteiger partial charge in [0.2, 0.25) is 0 Å². The molecule has 0 bridgehead atoms. The third-order valence-electron chi connectivity index (χ3n) is 4.50. The third kappa shape index (κ3) is 2.58. The van der Waals surface area contributed by atoms with Crippen LogP contribution in [0.25, 0.3) is 0 Å². The minimum absolute atomic E-state index is 0.0315. The minimum atomic E-state index is -0.473. The van der Waals surface area contributed by atoms with Crippen molar-refractivity contribution in [3.63, 3.8) is 0 Å². The third-order valence-corrected chi connectivity index (χ3v) is 5.41. The Balaban J connectivity index is 2.53. The van der Waals surface area contributed by atoms with Crippen LogP contribution in [0.3, 0.4) is 0 Å². The molecule has 3 nitrogen and oxygen atoms in total. The van der Waals surface area contributed by atoms with Crippen LogP contribution < -0.4 is 0 Å². The monoisotopic (exact) mass is 328 g/mol. The number of rotatable bonds is 3. The van der Waals surface area contributed by atoms with Gasteiger partial charge in [-0.15, -0.1) is 0 Å². The predicted octanol–water partition coefficient (Wildman–Crippen LogP) is 4.11. The second-order valence-corrected chi connectivity index (χ2v) is 6.78. The molecule has 5 heteroatoms. The van der Waals surface area contributed by atoms with E-state index >= 15 is 0 Å². The van der Waals surface area contributed by atoms with Gasteiger partial charge in [0.15, 0.2) is 5.78 Å². The van der Waals surface area contributed by atoms with Gasteiger partial charge < -0.3 is 4.74 Å². The molecule has 1 aliphatic carbocycles. The number of carbonyl (C=O) groups is 2. The Hall–Kier alpha value is -1.06. The summed E-state index contributed by atoms with van der Waals surface area (Å²) in [5, 5.41) is 0.518. The number of fused-ring (bicyclic) bond motifs is 1. The van der Waals surface area contributed by atoms with Crippen LogP contribution in [0.2, 0.25) is 10.0 Å². The molecule has 1 unspecified atom stereocenters. The van der Waals surface area contributed by atoms with Crippen LogP contribution in [0.1, 0.15) is 42.3 Å². The van der Waals surface area contributed by atoms with E-state index in [1.165, 1.54) is 7.11 Å². The van der Waals surface area contributed by atoms with Gasteiger partial charge in [-0.25, -0.2) is 0 Å². The van der Waals surface area contributed by atoms with Crippen molar-refractivity contribution in [3.05, 3.63) is 32.8 Å². The fraction of sp³-hybridized carbons (Fsp3) is 0.500. The van der Waals surface area contributed by atoms with Gasteiger partial charge in [0.05, 0.1) is 23.6 Å². The van der Waals surface area contributed by atoms with Crippen LogP contribution >= 0.6 is 23.2 Å². The highest BCUT2D eigenvalue weighted by Crippen LogP contribution is 2.47. The van der Waals surface area contributed by atoms with Crippen molar-refractivity contribution in [2.45, 2.75) is 33.6 Å². The van der Waals surface area contributed by atoms with Crippen molar-refractivity contribution in [1.82, 2.24) is 0 Å². The van der Waals surface area contributed by atoms with Gasteiger partial charge in [-0.1, -0.05) is 50.0 Å². The number of ketones is 1. The number of esters is 1. The molecule has 0 heterocycles. The highest BCUT2D eigenvalue weighted by atomic mass is 35.5. The number of benzene rings is 1. The molecule has 0 aromatic heterocycles. The Morgan fingerprint density at radius 1 is 1.38 bits per heavy atom. The van der Waals surface area contributed by atoms with E-state index in [1.54, 1.807) is 0 Å². The van der Waals surface area contributed by atoms with Crippen LogP contribution in [0.15, 0.2) is 6.07 Å². The molecule has 0 spiro atoms. The maximum absolute atomic E-state index is 12.7. The fourth-order valence-corrected chi connectivity index (χ4v) is 3.25. The number of ether oxygens (including phenoxy) is 1.